The molecule has 3 rings (SSSR count). The first-order chi connectivity index (χ1) is 13.1. The minimum Gasteiger partial charge on any atom is -0.465 e. The summed E-state index contributed by atoms with van der Waals surface area (Å²) in [5.41, 5.74) is 0.796. The number of carbonyl (C=O) groups excluding carboxylic acids is 2. The van der Waals surface area contributed by atoms with Crippen molar-refractivity contribution in [3.05, 3.63) is 35.6 Å². The molecule has 1 aliphatic rings. The van der Waals surface area contributed by atoms with Crippen LogP contribution < -0.4 is 0 Å². The number of benzene rings is 1. The van der Waals surface area contributed by atoms with Crippen LogP contribution in [0.15, 0.2) is 28.7 Å². The normalized spacial score (nSPS) is 15.8. The number of hydrogen-bond acceptors (Lipinski definition) is 8. The van der Waals surface area contributed by atoms with E-state index in [4.69, 9.17) is 14.3 Å². The zero-order valence-electron chi connectivity index (χ0n) is 15.3. The lowest BCUT2D eigenvalue weighted by molar-refractivity contribution is 0.0384. The molecule has 1 N–H and O–H groups in total. The standard InChI is InChI=1S/C19H24N2O6/c1-25-18(23)15-3-2-14-12-17(27-16(14)13-15)19(24)26-11-9-21-6-4-20(5-7-21)8-10-22/h2-3,12-13,22H,4-11H2,1H3. The van der Waals surface area contributed by atoms with Crippen LogP contribution in [0.4, 0.5) is 0 Å². The largest absolute Gasteiger partial charge is 0.465 e. The van der Waals surface area contributed by atoms with Gasteiger partial charge in [0.2, 0.25) is 5.76 Å². The average molecular weight is 376 g/mol. The van der Waals surface area contributed by atoms with Crippen molar-refractivity contribution in [1.29, 1.82) is 0 Å². The lowest BCUT2D eigenvalue weighted by Gasteiger charge is -2.34. The van der Waals surface area contributed by atoms with E-state index < -0.39 is 11.9 Å². The average Bonchev–Trinajstić information content (AvgIpc) is 3.12. The molecule has 27 heavy (non-hydrogen) atoms. The maximum atomic E-state index is 12.2. The Morgan fingerprint density at radius 3 is 2.44 bits per heavy atom. The van der Waals surface area contributed by atoms with E-state index in [1.807, 2.05) is 0 Å². The van der Waals surface area contributed by atoms with E-state index in [0.29, 0.717) is 24.2 Å². The van der Waals surface area contributed by atoms with Crippen molar-refractivity contribution in [3.8, 4) is 0 Å². The van der Waals surface area contributed by atoms with Crippen LogP contribution in [-0.2, 0) is 9.47 Å². The highest BCUT2D eigenvalue weighted by Crippen LogP contribution is 2.22. The second kappa shape index (κ2) is 8.98. The number of aliphatic hydroxyl groups excluding tert-OH is 1. The third kappa shape index (κ3) is 4.85. The van der Waals surface area contributed by atoms with Crippen LogP contribution >= 0.6 is 0 Å². The number of aliphatic hydroxyl groups is 1. The summed E-state index contributed by atoms with van der Waals surface area (Å²) in [7, 11) is 1.31. The number of methoxy groups -OCH3 is 1. The Balaban J connectivity index is 1.50. The Morgan fingerprint density at radius 2 is 1.78 bits per heavy atom. The molecule has 0 saturated carbocycles. The predicted octanol–water partition coefficient (Wildman–Crippen LogP) is 0.986. The van der Waals surface area contributed by atoms with Crippen molar-refractivity contribution >= 4 is 22.9 Å². The van der Waals surface area contributed by atoms with Crippen molar-refractivity contribution in [3.63, 3.8) is 0 Å². The van der Waals surface area contributed by atoms with Gasteiger partial charge in [-0.1, -0.05) is 6.07 Å². The predicted molar refractivity (Wildman–Crippen MR) is 97.8 cm³/mol. The van der Waals surface area contributed by atoms with Crippen molar-refractivity contribution < 1.29 is 28.6 Å². The molecule has 0 atom stereocenters. The molecule has 0 spiro atoms. The van der Waals surface area contributed by atoms with Crippen LogP contribution in [0.1, 0.15) is 20.9 Å². The lowest BCUT2D eigenvalue weighted by atomic mass is 10.2. The van der Waals surface area contributed by atoms with Crippen LogP contribution in [0.2, 0.25) is 0 Å². The molecule has 1 saturated heterocycles. The second-order valence-corrected chi connectivity index (χ2v) is 6.40. The summed E-state index contributed by atoms with van der Waals surface area (Å²) in [6, 6.07) is 6.47. The van der Waals surface area contributed by atoms with Crippen LogP contribution in [0.5, 0.6) is 0 Å². The molecule has 8 nitrogen and oxygen atoms in total. The van der Waals surface area contributed by atoms with E-state index in [1.165, 1.54) is 7.11 Å². The molecule has 0 amide bonds. The fourth-order valence-electron chi connectivity index (χ4n) is 3.09. The number of furan rings is 1. The summed E-state index contributed by atoms with van der Waals surface area (Å²) >= 11 is 0. The van der Waals surface area contributed by atoms with E-state index in [0.717, 1.165) is 31.6 Å². The van der Waals surface area contributed by atoms with Gasteiger partial charge >= 0.3 is 11.9 Å². The maximum Gasteiger partial charge on any atom is 0.374 e. The van der Waals surface area contributed by atoms with E-state index in [1.54, 1.807) is 24.3 Å². The number of esters is 2. The quantitative estimate of drug-likeness (QED) is 0.715. The molecule has 1 aromatic carbocycles. The maximum absolute atomic E-state index is 12.2. The topological polar surface area (TPSA) is 92.5 Å². The van der Waals surface area contributed by atoms with Gasteiger partial charge in [0.15, 0.2) is 0 Å². The Labute approximate surface area is 157 Å². The summed E-state index contributed by atoms with van der Waals surface area (Å²) < 4.78 is 15.5. The van der Waals surface area contributed by atoms with E-state index in [2.05, 4.69) is 14.5 Å². The minimum atomic E-state index is -0.523. The van der Waals surface area contributed by atoms with Gasteiger partial charge in [-0.05, 0) is 18.2 Å². The van der Waals surface area contributed by atoms with Crippen LogP contribution in [0.25, 0.3) is 11.0 Å². The van der Waals surface area contributed by atoms with Crippen molar-refractivity contribution in [2.24, 2.45) is 0 Å². The molecule has 146 valence electrons. The van der Waals surface area contributed by atoms with E-state index in [-0.39, 0.29) is 19.0 Å². The first kappa shape index (κ1) is 19.3. The summed E-state index contributed by atoms with van der Waals surface area (Å²) in [5, 5.41) is 9.68. The molecule has 1 fully saturated rings. The van der Waals surface area contributed by atoms with E-state index in [9.17, 15) is 9.59 Å². The smallest absolute Gasteiger partial charge is 0.374 e. The van der Waals surface area contributed by atoms with Crippen LogP contribution in [-0.4, -0.2) is 86.4 Å². The molecule has 0 unspecified atom stereocenters. The first-order valence-electron chi connectivity index (χ1n) is 8.95. The highest BCUT2D eigenvalue weighted by atomic mass is 16.5. The molecule has 8 heteroatoms. The Morgan fingerprint density at radius 1 is 1.07 bits per heavy atom. The Bertz CT molecular complexity index is 795. The number of ether oxygens (including phenoxy) is 2. The Hall–Kier alpha value is -2.42. The van der Waals surface area contributed by atoms with Gasteiger partial charge in [0.1, 0.15) is 12.2 Å². The van der Waals surface area contributed by atoms with Gasteiger partial charge < -0.3 is 19.0 Å². The first-order valence-corrected chi connectivity index (χ1v) is 8.95. The molecule has 0 bridgehead atoms. The number of piperazine rings is 1. The van der Waals surface area contributed by atoms with Gasteiger partial charge in [0.05, 0.1) is 19.3 Å². The molecule has 1 aromatic heterocycles. The van der Waals surface area contributed by atoms with Crippen molar-refractivity contribution in [2.75, 3.05) is 59.6 Å². The van der Waals surface area contributed by atoms with Crippen molar-refractivity contribution in [1.82, 2.24) is 9.80 Å². The molecule has 2 aromatic rings. The molecule has 2 heterocycles. The second-order valence-electron chi connectivity index (χ2n) is 6.40. The molecular weight excluding hydrogens is 352 g/mol. The zero-order chi connectivity index (χ0) is 19.2. The number of β-amino-alcohol motifs (C(OH)–C–C–N with tert-alkyl or cyclic N) is 1. The third-order valence-corrected chi connectivity index (χ3v) is 4.66. The summed E-state index contributed by atoms with van der Waals surface area (Å²) in [6.45, 7) is 5.40. The van der Waals surface area contributed by atoms with Crippen molar-refractivity contribution in [2.45, 2.75) is 0 Å². The van der Waals surface area contributed by atoms with Gasteiger partial charge in [-0.25, -0.2) is 9.59 Å². The van der Waals surface area contributed by atoms with Gasteiger partial charge in [-0.3, -0.25) is 9.80 Å². The number of hydrogen-bond donors (Lipinski definition) is 1. The summed E-state index contributed by atoms with van der Waals surface area (Å²) in [4.78, 5) is 28.2. The van der Waals surface area contributed by atoms with Crippen LogP contribution in [0.3, 0.4) is 0 Å². The highest BCUT2D eigenvalue weighted by Gasteiger charge is 2.18. The number of carbonyl (C=O) groups is 2. The van der Waals surface area contributed by atoms with E-state index >= 15 is 0 Å². The monoisotopic (exact) mass is 376 g/mol. The van der Waals surface area contributed by atoms with Gasteiger partial charge in [0.25, 0.3) is 0 Å². The highest BCUT2D eigenvalue weighted by molar-refractivity contribution is 5.96. The van der Waals surface area contributed by atoms with Gasteiger partial charge in [0, 0.05) is 44.7 Å². The summed E-state index contributed by atoms with van der Waals surface area (Å²) in [6.07, 6.45) is 0. The molecule has 0 aliphatic carbocycles. The summed E-state index contributed by atoms with van der Waals surface area (Å²) in [5.74, 6) is -0.874. The molecular formula is C19H24N2O6. The Kier molecular flexibility index (Phi) is 6.44. The van der Waals surface area contributed by atoms with Crippen LogP contribution in [0, 0.1) is 0 Å². The number of nitrogens with zero attached hydrogens (tertiary/aromatic N) is 2. The third-order valence-electron chi connectivity index (χ3n) is 4.66. The number of fused-ring (bicyclic) bond motifs is 1. The lowest BCUT2D eigenvalue weighted by Crippen LogP contribution is -2.48. The van der Waals surface area contributed by atoms with Gasteiger partial charge in [-0.15, -0.1) is 0 Å². The molecule has 1 aliphatic heterocycles. The molecule has 0 radical (unpaired) electrons. The zero-order valence-corrected chi connectivity index (χ0v) is 15.3. The van der Waals surface area contributed by atoms with Gasteiger partial charge in [-0.2, -0.15) is 0 Å². The fourth-order valence-corrected chi connectivity index (χ4v) is 3.09. The minimum absolute atomic E-state index is 0.111. The number of rotatable bonds is 7. The SMILES string of the molecule is COC(=O)c1ccc2cc(C(=O)OCCN3CCN(CCO)CC3)oc2c1. The fraction of sp³-hybridized carbons (Fsp3) is 0.474.